The fourth-order valence-electron chi connectivity index (χ4n) is 2.35. The lowest BCUT2D eigenvalue weighted by Crippen LogP contribution is -2.09. The Morgan fingerprint density at radius 1 is 1.39 bits per heavy atom. The summed E-state index contributed by atoms with van der Waals surface area (Å²) in [5, 5.41) is 0. The summed E-state index contributed by atoms with van der Waals surface area (Å²) in [6.07, 6.45) is 8.61. The van der Waals surface area contributed by atoms with Crippen molar-refractivity contribution in [2.24, 2.45) is 4.99 Å². The molecule has 1 aliphatic rings. The third-order valence-corrected chi connectivity index (χ3v) is 4.73. The Bertz CT molecular complexity index is 404. The van der Waals surface area contributed by atoms with Crippen molar-refractivity contribution in [3.05, 3.63) is 16.5 Å². The predicted octanol–water partition coefficient (Wildman–Crippen LogP) is 3.85. The van der Waals surface area contributed by atoms with Crippen molar-refractivity contribution in [1.29, 1.82) is 0 Å². The molecule has 2 rings (SSSR count). The van der Waals surface area contributed by atoms with E-state index in [0.29, 0.717) is 6.04 Å². The summed E-state index contributed by atoms with van der Waals surface area (Å²) < 4.78 is 1.09. The molecule has 0 atom stereocenters. The van der Waals surface area contributed by atoms with Gasteiger partial charge in [-0.05, 0) is 33.0 Å². The molecule has 0 aliphatic heterocycles. The average molecular weight is 282 g/mol. The summed E-state index contributed by atoms with van der Waals surface area (Å²) >= 11 is 6.31. The highest BCUT2D eigenvalue weighted by Crippen LogP contribution is 2.26. The second-order valence-electron chi connectivity index (χ2n) is 5.28. The number of nitrogens with zero attached hydrogens (tertiary/aromatic N) is 2. The largest absolute Gasteiger partial charge is 0.304 e. The number of thiophene rings is 1. The first-order valence-corrected chi connectivity index (χ1v) is 7.91. The minimum absolute atomic E-state index is 0.545. The number of aliphatic imine (C=N–C) groups is 1. The lowest BCUT2D eigenvalue weighted by molar-refractivity contribution is 0.406. The summed E-state index contributed by atoms with van der Waals surface area (Å²) in [5.74, 6) is 0. The summed E-state index contributed by atoms with van der Waals surface area (Å²) in [4.78, 5) is 8.26. The molecule has 1 aliphatic carbocycles. The van der Waals surface area contributed by atoms with E-state index in [9.17, 15) is 0 Å². The molecule has 0 bridgehead atoms. The molecule has 1 aromatic rings. The van der Waals surface area contributed by atoms with Crippen LogP contribution in [0.5, 0.6) is 0 Å². The van der Waals surface area contributed by atoms with Crippen LogP contribution in [0, 0.1) is 0 Å². The van der Waals surface area contributed by atoms with Crippen molar-refractivity contribution in [1.82, 2.24) is 4.90 Å². The minimum Gasteiger partial charge on any atom is -0.304 e. The molecule has 1 heterocycles. The molecule has 18 heavy (non-hydrogen) atoms. The summed E-state index contributed by atoms with van der Waals surface area (Å²) in [5.41, 5.74) is 1.19. The zero-order valence-electron chi connectivity index (χ0n) is 11.2. The molecule has 0 amide bonds. The maximum atomic E-state index is 4.73. The summed E-state index contributed by atoms with van der Waals surface area (Å²) in [6, 6.07) is 2.77. The SMILES string of the molecule is CN(C)Cc1cc(C=NC2CCCCC2)c(S)s1. The molecule has 1 aromatic heterocycles. The molecular formula is C14H22N2S2. The zero-order chi connectivity index (χ0) is 13.0. The molecule has 2 nitrogen and oxygen atoms in total. The second-order valence-corrected chi connectivity index (χ2v) is 7.17. The van der Waals surface area contributed by atoms with Gasteiger partial charge in [0.2, 0.25) is 0 Å². The van der Waals surface area contributed by atoms with E-state index >= 15 is 0 Å². The predicted molar refractivity (Wildman–Crippen MR) is 83.4 cm³/mol. The van der Waals surface area contributed by atoms with Crippen molar-refractivity contribution in [3.8, 4) is 0 Å². The first kappa shape index (κ1) is 14.1. The van der Waals surface area contributed by atoms with Crippen LogP contribution >= 0.6 is 24.0 Å². The normalized spacial score (nSPS) is 18.0. The molecule has 1 saturated carbocycles. The molecule has 0 aromatic carbocycles. The Morgan fingerprint density at radius 2 is 2.11 bits per heavy atom. The van der Waals surface area contributed by atoms with Crippen LogP contribution in [0.15, 0.2) is 15.3 Å². The van der Waals surface area contributed by atoms with Crippen LogP contribution in [0.4, 0.5) is 0 Å². The molecule has 0 radical (unpaired) electrons. The quantitative estimate of drug-likeness (QED) is 0.655. The Morgan fingerprint density at radius 3 is 2.78 bits per heavy atom. The van der Waals surface area contributed by atoms with Crippen LogP contribution in [-0.4, -0.2) is 31.3 Å². The van der Waals surface area contributed by atoms with Crippen molar-refractivity contribution in [3.63, 3.8) is 0 Å². The Kier molecular flexibility index (Phi) is 5.27. The van der Waals surface area contributed by atoms with E-state index in [0.717, 1.165) is 10.8 Å². The van der Waals surface area contributed by atoms with Crippen LogP contribution in [0.2, 0.25) is 0 Å². The maximum absolute atomic E-state index is 4.73. The van der Waals surface area contributed by atoms with E-state index in [1.54, 1.807) is 11.3 Å². The van der Waals surface area contributed by atoms with Gasteiger partial charge in [0.05, 0.1) is 4.21 Å². The van der Waals surface area contributed by atoms with Crippen molar-refractivity contribution in [2.45, 2.75) is 48.9 Å². The zero-order valence-corrected chi connectivity index (χ0v) is 12.9. The van der Waals surface area contributed by atoms with Gasteiger partial charge in [0.15, 0.2) is 0 Å². The maximum Gasteiger partial charge on any atom is 0.0659 e. The van der Waals surface area contributed by atoms with Gasteiger partial charge >= 0.3 is 0 Å². The van der Waals surface area contributed by atoms with Gasteiger partial charge in [-0.25, -0.2) is 0 Å². The van der Waals surface area contributed by atoms with Gasteiger partial charge in [0.1, 0.15) is 0 Å². The van der Waals surface area contributed by atoms with Crippen molar-refractivity contribution < 1.29 is 0 Å². The molecular weight excluding hydrogens is 260 g/mol. The van der Waals surface area contributed by atoms with Crippen LogP contribution in [0.3, 0.4) is 0 Å². The summed E-state index contributed by atoms with van der Waals surface area (Å²) in [6.45, 7) is 0.982. The van der Waals surface area contributed by atoms with Crippen molar-refractivity contribution >= 4 is 30.2 Å². The highest BCUT2D eigenvalue weighted by molar-refractivity contribution is 7.83. The molecule has 4 heteroatoms. The Hall–Kier alpha value is -0.320. The van der Waals surface area contributed by atoms with E-state index in [4.69, 9.17) is 4.99 Å². The first-order valence-electron chi connectivity index (χ1n) is 6.64. The van der Waals surface area contributed by atoms with Gasteiger partial charge in [0, 0.05) is 29.2 Å². The molecule has 100 valence electrons. The number of thiol groups is 1. The number of hydrogen-bond donors (Lipinski definition) is 1. The smallest absolute Gasteiger partial charge is 0.0659 e. The van der Waals surface area contributed by atoms with Crippen LogP contribution in [0.25, 0.3) is 0 Å². The Balaban J connectivity index is 1.99. The number of hydrogen-bond acceptors (Lipinski definition) is 4. The van der Waals surface area contributed by atoms with Crippen LogP contribution in [0.1, 0.15) is 42.5 Å². The molecule has 0 N–H and O–H groups in total. The van der Waals surface area contributed by atoms with Crippen LogP contribution in [-0.2, 0) is 6.54 Å². The van der Waals surface area contributed by atoms with Gasteiger partial charge in [-0.2, -0.15) is 0 Å². The fourth-order valence-corrected chi connectivity index (χ4v) is 3.81. The first-order chi connectivity index (χ1) is 8.65. The third kappa shape index (κ3) is 4.11. The molecule has 0 spiro atoms. The fraction of sp³-hybridized carbons (Fsp3) is 0.643. The number of rotatable bonds is 4. The lowest BCUT2D eigenvalue weighted by atomic mass is 9.96. The van der Waals surface area contributed by atoms with E-state index in [1.807, 2.05) is 6.21 Å². The van der Waals surface area contributed by atoms with E-state index in [2.05, 4.69) is 37.7 Å². The van der Waals surface area contributed by atoms with E-state index < -0.39 is 0 Å². The van der Waals surface area contributed by atoms with Crippen LogP contribution < -0.4 is 0 Å². The summed E-state index contributed by atoms with van der Waals surface area (Å²) in [7, 11) is 4.18. The minimum atomic E-state index is 0.545. The van der Waals surface area contributed by atoms with Gasteiger partial charge in [-0.1, -0.05) is 19.3 Å². The second kappa shape index (κ2) is 6.73. The highest BCUT2D eigenvalue weighted by Gasteiger charge is 2.11. The highest BCUT2D eigenvalue weighted by atomic mass is 32.2. The molecule has 0 unspecified atom stereocenters. The van der Waals surface area contributed by atoms with Crippen molar-refractivity contribution in [2.75, 3.05) is 14.1 Å². The van der Waals surface area contributed by atoms with Gasteiger partial charge in [-0.3, -0.25) is 4.99 Å². The van der Waals surface area contributed by atoms with Gasteiger partial charge < -0.3 is 4.90 Å². The average Bonchev–Trinajstić information content (AvgIpc) is 2.67. The van der Waals surface area contributed by atoms with E-state index in [1.165, 1.54) is 42.5 Å². The standard InChI is InChI=1S/C14H22N2S2/c1-16(2)10-13-8-11(14(17)18-13)9-15-12-6-4-3-5-7-12/h8-9,12,17H,3-7,10H2,1-2H3. The molecule has 1 fully saturated rings. The molecule has 0 saturated heterocycles. The Labute approximate surface area is 120 Å². The monoisotopic (exact) mass is 282 g/mol. The topological polar surface area (TPSA) is 15.6 Å². The van der Waals surface area contributed by atoms with E-state index in [-0.39, 0.29) is 0 Å². The lowest BCUT2D eigenvalue weighted by Gasteiger charge is -2.16. The van der Waals surface area contributed by atoms with Gasteiger partial charge in [0.25, 0.3) is 0 Å². The third-order valence-electron chi connectivity index (χ3n) is 3.26. The van der Waals surface area contributed by atoms with Gasteiger partial charge in [-0.15, -0.1) is 24.0 Å².